The third-order valence-electron chi connectivity index (χ3n) is 2.60. The minimum atomic E-state index is 0.306. The fourth-order valence-corrected chi connectivity index (χ4v) is 2.87. The van der Waals surface area contributed by atoms with Crippen LogP contribution in [-0.4, -0.2) is 27.6 Å². The van der Waals surface area contributed by atoms with E-state index in [2.05, 4.69) is 9.97 Å². The average Bonchev–Trinajstić information content (AvgIpc) is 2.82. The highest BCUT2D eigenvalue weighted by atomic mass is 32.2. The molecule has 0 saturated carbocycles. The molecular formula is C12H12N2OS. The van der Waals surface area contributed by atoms with Crippen molar-refractivity contribution >= 4 is 22.8 Å². The zero-order valence-corrected chi connectivity index (χ0v) is 9.61. The minimum absolute atomic E-state index is 0.306. The predicted octanol–water partition coefficient (Wildman–Crippen LogP) is 2.51. The van der Waals surface area contributed by atoms with E-state index in [1.54, 1.807) is 6.20 Å². The maximum absolute atomic E-state index is 5.79. The molecule has 4 heteroatoms. The first-order valence-corrected chi connectivity index (χ1v) is 6.53. The summed E-state index contributed by atoms with van der Waals surface area (Å²) < 4.78 is 5.79. The molecule has 2 aromatic rings. The Morgan fingerprint density at radius 3 is 2.94 bits per heavy atom. The van der Waals surface area contributed by atoms with Gasteiger partial charge in [0.05, 0.1) is 17.2 Å². The first kappa shape index (κ1) is 9.90. The Bertz CT molecular complexity index is 497. The van der Waals surface area contributed by atoms with Crippen LogP contribution in [0.3, 0.4) is 0 Å². The number of rotatable bonds is 2. The summed E-state index contributed by atoms with van der Waals surface area (Å²) in [4.78, 5) is 8.77. The number of nitrogens with zero attached hydrogens (tertiary/aromatic N) is 2. The Kier molecular flexibility index (Phi) is 2.66. The minimum Gasteiger partial charge on any atom is -0.472 e. The lowest BCUT2D eigenvalue weighted by atomic mass is 10.3. The van der Waals surface area contributed by atoms with Crippen molar-refractivity contribution in [2.75, 3.05) is 11.5 Å². The van der Waals surface area contributed by atoms with Crippen LogP contribution < -0.4 is 4.74 Å². The van der Waals surface area contributed by atoms with Crippen molar-refractivity contribution in [3.63, 3.8) is 0 Å². The SMILES string of the molecule is c1ccc2nc(OC3CCSC3)cnc2c1. The van der Waals surface area contributed by atoms with Gasteiger partial charge < -0.3 is 4.74 Å². The summed E-state index contributed by atoms with van der Waals surface area (Å²) in [6, 6.07) is 7.84. The fraction of sp³-hybridized carbons (Fsp3) is 0.333. The third-order valence-corrected chi connectivity index (χ3v) is 3.73. The molecule has 0 spiro atoms. The third kappa shape index (κ3) is 1.97. The van der Waals surface area contributed by atoms with Gasteiger partial charge in [-0.15, -0.1) is 0 Å². The summed E-state index contributed by atoms with van der Waals surface area (Å²) in [5.74, 6) is 2.89. The van der Waals surface area contributed by atoms with Gasteiger partial charge >= 0.3 is 0 Å². The van der Waals surface area contributed by atoms with Crippen LogP contribution in [0.5, 0.6) is 5.88 Å². The van der Waals surface area contributed by atoms with Gasteiger partial charge in [0, 0.05) is 5.75 Å². The molecule has 2 heterocycles. The molecule has 1 unspecified atom stereocenters. The van der Waals surface area contributed by atoms with Crippen molar-refractivity contribution < 1.29 is 4.74 Å². The molecule has 1 atom stereocenters. The van der Waals surface area contributed by atoms with E-state index in [0.29, 0.717) is 12.0 Å². The molecule has 82 valence electrons. The molecule has 0 radical (unpaired) electrons. The molecule has 1 aromatic carbocycles. The Morgan fingerprint density at radius 1 is 1.25 bits per heavy atom. The number of thioether (sulfide) groups is 1. The van der Waals surface area contributed by atoms with Crippen molar-refractivity contribution in [3.8, 4) is 5.88 Å². The predicted molar refractivity (Wildman–Crippen MR) is 65.9 cm³/mol. The van der Waals surface area contributed by atoms with Gasteiger partial charge in [0.2, 0.25) is 5.88 Å². The van der Waals surface area contributed by atoms with Crippen LogP contribution in [-0.2, 0) is 0 Å². The molecule has 3 rings (SSSR count). The van der Waals surface area contributed by atoms with E-state index in [1.807, 2.05) is 36.0 Å². The summed E-state index contributed by atoms with van der Waals surface area (Å²) >= 11 is 1.93. The van der Waals surface area contributed by atoms with Crippen molar-refractivity contribution in [1.29, 1.82) is 0 Å². The topological polar surface area (TPSA) is 35.0 Å². The Labute approximate surface area is 98.2 Å². The van der Waals surface area contributed by atoms with E-state index in [1.165, 1.54) is 5.75 Å². The molecular weight excluding hydrogens is 220 g/mol. The number of benzene rings is 1. The van der Waals surface area contributed by atoms with Gasteiger partial charge in [0.25, 0.3) is 0 Å². The fourth-order valence-electron chi connectivity index (χ4n) is 1.77. The molecule has 0 bridgehead atoms. The van der Waals surface area contributed by atoms with Crippen molar-refractivity contribution in [3.05, 3.63) is 30.5 Å². The Morgan fingerprint density at radius 2 is 2.12 bits per heavy atom. The lowest BCUT2D eigenvalue weighted by Gasteiger charge is -2.11. The number of para-hydroxylation sites is 2. The van der Waals surface area contributed by atoms with Gasteiger partial charge in [-0.1, -0.05) is 12.1 Å². The van der Waals surface area contributed by atoms with Crippen LogP contribution in [0.1, 0.15) is 6.42 Å². The van der Waals surface area contributed by atoms with Gasteiger partial charge in [-0.05, 0) is 24.3 Å². The molecule has 1 fully saturated rings. The van der Waals surface area contributed by atoms with Crippen LogP contribution in [0.25, 0.3) is 11.0 Å². The van der Waals surface area contributed by atoms with E-state index in [-0.39, 0.29) is 0 Å². The first-order valence-electron chi connectivity index (χ1n) is 5.38. The summed E-state index contributed by atoms with van der Waals surface area (Å²) in [7, 11) is 0. The second-order valence-corrected chi connectivity index (χ2v) is 4.95. The normalized spacial score (nSPS) is 20.1. The molecule has 1 aromatic heterocycles. The standard InChI is InChI=1S/C12H12N2OS/c1-2-4-11-10(3-1)13-7-12(14-11)15-9-5-6-16-8-9/h1-4,7,9H,5-6,8H2. The smallest absolute Gasteiger partial charge is 0.233 e. The van der Waals surface area contributed by atoms with Gasteiger partial charge in [0.15, 0.2) is 0 Å². The lowest BCUT2D eigenvalue weighted by Crippen LogP contribution is -2.15. The largest absolute Gasteiger partial charge is 0.472 e. The van der Waals surface area contributed by atoms with Crippen LogP contribution >= 0.6 is 11.8 Å². The average molecular weight is 232 g/mol. The summed E-state index contributed by atoms with van der Waals surface area (Å²) in [6.45, 7) is 0. The first-order chi connectivity index (χ1) is 7.92. The molecule has 16 heavy (non-hydrogen) atoms. The highest BCUT2D eigenvalue weighted by Gasteiger charge is 2.17. The van der Waals surface area contributed by atoms with Crippen molar-refractivity contribution in [2.45, 2.75) is 12.5 Å². The molecule has 1 aliphatic rings. The molecule has 3 nitrogen and oxygen atoms in total. The zero-order chi connectivity index (χ0) is 10.8. The molecule has 1 aliphatic heterocycles. The van der Waals surface area contributed by atoms with E-state index in [0.717, 1.165) is 23.2 Å². The number of ether oxygens (including phenoxy) is 1. The molecule has 0 aliphatic carbocycles. The number of hydrogen-bond donors (Lipinski definition) is 0. The second-order valence-electron chi connectivity index (χ2n) is 3.80. The highest BCUT2D eigenvalue weighted by molar-refractivity contribution is 7.99. The van der Waals surface area contributed by atoms with Crippen molar-refractivity contribution in [1.82, 2.24) is 9.97 Å². The van der Waals surface area contributed by atoms with Crippen LogP contribution in [0, 0.1) is 0 Å². The van der Waals surface area contributed by atoms with Gasteiger partial charge in [-0.25, -0.2) is 9.97 Å². The zero-order valence-electron chi connectivity index (χ0n) is 8.80. The second kappa shape index (κ2) is 4.29. The van der Waals surface area contributed by atoms with Crippen LogP contribution in [0.4, 0.5) is 0 Å². The summed E-state index contributed by atoms with van der Waals surface area (Å²) in [5, 5.41) is 0. The maximum atomic E-state index is 5.79. The monoisotopic (exact) mass is 232 g/mol. The molecule has 0 N–H and O–H groups in total. The molecule has 0 amide bonds. The van der Waals surface area contributed by atoms with Crippen LogP contribution in [0.15, 0.2) is 30.5 Å². The lowest BCUT2D eigenvalue weighted by molar-refractivity contribution is 0.220. The van der Waals surface area contributed by atoms with Crippen LogP contribution in [0.2, 0.25) is 0 Å². The Hall–Kier alpha value is -1.29. The number of fused-ring (bicyclic) bond motifs is 1. The highest BCUT2D eigenvalue weighted by Crippen LogP contribution is 2.22. The van der Waals surface area contributed by atoms with E-state index < -0.39 is 0 Å². The van der Waals surface area contributed by atoms with E-state index >= 15 is 0 Å². The summed E-state index contributed by atoms with van der Waals surface area (Å²) in [5.41, 5.74) is 1.81. The maximum Gasteiger partial charge on any atom is 0.233 e. The quantitative estimate of drug-likeness (QED) is 0.797. The van der Waals surface area contributed by atoms with Gasteiger partial charge in [-0.3, -0.25) is 0 Å². The van der Waals surface area contributed by atoms with E-state index in [4.69, 9.17) is 4.74 Å². The summed E-state index contributed by atoms with van der Waals surface area (Å²) in [6.07, 6.45) is 3.13. The van der Waals surface area contributed by atoms with E-state index in [9.17, 15) is 0 Å². The number of hydrogen-bond acceptors (Lipinski definition) is 4. The number of aromatic nitrogens is 2. The molecule has 1 saturated heterocycles. The van der Waals surface area contributed by atoms with Crippen molar-refractivity contribution in [2.24, 2.45) is 0 Å². The van der Waals surface area contributed by atoms with Gasteiger partial charge in [-0.2, -0.15) is 11.8 Å². The Balaban J connectivity index is 1.86. The van der Waals surface area contributed by atoms with Gasteiger partial charge in [0.1, 0.15) is 6.10 Å².